The first-order valence-corrected chi connectivity index (χ1v) is 5.05. The van der Waals surface area contributed by atoms with Crippen LogP contribution in [0.25, 0.3) is 0 Å². The predicted octanol–water partition coefficient (Wildman–Crippen LogP) is 1.55. The van der Waals surface area contributed by atoms with Crippen LogP contribution in [0.2, 0.25) is 0 Å². The third kappa shape index (κ3) is 2.31. The molecule has 1 atom stereocenters. The van der Waals surface area contributed by atoms with Crippen molar-refractivity contribution in [2.75, 3.05) is 0 Å². The SMILES string of the molecule is O=C([O-])C[C@H](c1ccccc1)c1ccco1. The number of furan rings is 1. The fourth-order valence-corrected chi connectivity index (χ4v) is 1.72. The van der Waals surface area contributed by atoms with Crippen LogP contribution >= 0.6 is 0 Å². The van der Waals surface area contributed by atoms with E-state index in [0.29, 0.717) is 5.76 Å². The Morgan fingerprint density at radius 1 is 1.19 bits per heavy atom. The average Bonchev–Trinajstić information content (AvgIpc) is 2.80. The highest BCUT2D eigenvalue weighted by molar-refractivity contribution is 5.66. The van der Waals surface area contributed by atoms with Gasteiger partial charge in [-0.3, -0.25) is 0 Å². The first kappa shape index (κ1) is 10.5. The van der Waals surface area contributed by atoms with E-state index in [4.69, 9.17) is 4.42 Å². The molecule has 0 aliphatic rings. The van der Waals surface area contributed by atoms with E-state index >= 15 is 0 Å². The second-order valence-electron chi connectivity index (χ2n) is 3.55. The van der Waals surface area contributed by atoms with Crippen LogP contribution in [0.15, 0.2) is 53.1 Å². The monoisotopic (exact) mass is 215 g/mol. The van der Waals surface area contributed by atoms with Crippen molar-refractivity contribution in [2.24, 2.45) is 0 Å². The summed E-state index contributed by atoms with van der Waals surface area (Å²) < 4.78 is 5.26. The number of carboxylic acids is 1. The summed E-state index contributed by atoms with van der Waals surface area (Å²) in [7, 11) is 0. The van der Waals surface area contributed by atoms with Gasteiger partial charge in [0, 0.05) is 18.3 Å². The second-order valence-corrected chi connectivity index (χ2v) is 3.55. The number of benzene rings is 1. The van der Waals surface area contributed by atoms with Crippen LogP contribution in [0.1, 0.15) is 23.7 Å². The lowest BCUT2D eigenvalue weighted by atomic mass is 9.93. The molecule has 0 radical (unpaired) electrons. The molecular weight excluding hydrogens is 204 g/mol. The number of hydrogen-bond acceptors (Lipinski definition) is 3. The molecule has 0 N–H and O–H groups in total. The van der Waals surface area contributed by atoms with Gasteiger partial charge in [0.15, 0.2) is 0 Å². The smallest absolute Gasteiger partial charge is 0.111 e. The average molecular weight is 215 g/mol. The highest BCUT2D eigenvalue weighted by atomic mass is 16.4. The van der Waals surface area contributed by atoms with E-state index < -0.39 is 5.97 Å². The molecule has 2 rings (SSSR count). The Morgan fingerprint density at radius 3 is 2.50 bits per heavy atom. The van der Waals surface area contributed by atoms with Crippen molar-refractivity contribution >= 4 is 5.97 Å². The molecule has 1 heterocycles. The molecule has 3 nitrogen and oxygen atoms in total. The maximum atomic E-state index is 10.7. The van der Waals surface area contributed by atoms with Crippen LogP contribution in [0.3, 0.4) is 0 Å². The Labute approximate surface area is 93.3 Å². The molecule has 0 aliphatic carbocycles. The molecule has 0 unspecified atom stereocenters. The van der Waals surface area contributed by atoms with Gasteiger partial charge in [0.25, 0.3) is 0 Å². The first-order chi connectivity index (χ1) is 7.77. The molecule has 0 saturated heterocycles. The number of rotatable bonds is 4. The molecule has 0 aliphatic heterocycles. The van der Waals surface area contributed by atoms with Gasteiger partial charge in [-0.25, -0.2) is 0 Å². The maximum Gasteiger partial charge on any atom is 0.111 e. The van der Waals surface area contributed by atoms with Crippen LogP contribution in [-0.2, 0) is 4.79 Å². The number of hydrogen-bond donors (Lipinski definition) is 0. The van der Waals surface area contributed by atoms with Gasteiger partial charge in [-0.15, -0.1) is 0 Å². The molecule has 82 valence electrons. The largest absolute Gasteiger partial charge is 0.550 e. The summed E-state index contributed by atoms with van der Waals surface area (Å²) in [5, 5.41) is 10.7. The maximum absolute atomic E-state index is 10.7. The minimum absolute atomic E-state index is 0.0719. The van der Waals surface area contributed by atoms with Crippen LogP contribution in [0.5, 0.6) is 0 Å². The molecule has 16 heavy (non-hydrogen) atoms. The lowest BCUT2D eigenvalue weighted by Gasteiger charge is -2.15. The van der Waals surface area contributed by atoms with Crippen LogP contribution < -0.4 is 5.11 Å². The van der Waals surface area contributed by atoms with Gasteiger partial charge in [-0.05, 0) is 17.7 Å². The zero-order valence-corrected chi connectivity index (χ0v) is 8.63. The summed E-state index contributed by atoms with van der Waals surface area (Å²) in [5.74, 6) is -0.707. The molecule has 0 spiro atoms. The van der Waals surface area contributed by atoms with E-state index in [1.165, 1.54) is 0 Å². The summed E-state index contributed by atoms with van der Waals surface area (Å²) >= 11 is 0. The minimum Gasteiger partial charge on any atom is -0.550 e. The van der Waals surface area contributed by atoms with Crippen LogP contribution in [-0.4, -0.2) is 5.97 Å². The fraction of sp³-hybridized carbons (Fsp3) is 0.154. The predicted molar refractivity (Wildman–Crippen MR) is 56.6 cm³/mol. The molecular formula is C13H11O3-. The first-order valence-electron chi connectivity index (χ1n) is 5.05. The third-order valence-electron chi connectivity index (χ3n) is 2.46. The van der Waals surface area contributed by atoms with E-state index in [9.17, 15) is 9.90 Å². The topological polar surface area (TPSA) is 53.3 Å². The summed E-state index contributed by atoms with van der Waals surface area (Å²) in [5.41, 5.74) is 0.918. The van der Waals surface area contributed by atoms with E-state index in [-0.39, 0.29) is 12.3 Å². The number of carbonyl (C=O) groups is 1. The Bertz CT molecular complexity index is 445. The number of aliphatic carboxylic acids is 1. The summed E-state index contributed by atoms with van der Waals surface area (Å²) in [4.78, 5) is 10.7. The van der Waals surface area contributed by atoms with E-state index in [0.717, 1.165) is 5.56 Å². The molecule has 0 amide bonds. The van der Waals surface area contributed by atoms with Crippen molar-refractivity contribution in [1.82, 2.24) is 0 Å². The van der Waals surface area contributed by atoms with Crippen molar-refractivity contribution in [3.05, 3.63) is 60.1 Å². The number of carbonyl (C=O) groups excluding carboxylic acids is 1. The van der Waals surface area contributed by atoms with Crippen molar-refractivity contribution < 1.29 is 14.3 Å². The van der Waals surface area contributed by atoms with Gasteiger partial charge in [-0.1, -0.05) is 30.3 Å². The summed E-state index contributed by atoms with van der Waals surface area (Å²) in [6.45, 7) is 0. The summed E-state index contributed by atoms with van der Waals surface area (Å²) in [6, 6.07) is 12.9. The summed E-state index contributed by atoms with van der Waals surface area (Å²) in [6.07, 6.45) is 1.47. The fourth-order valence-electron chi connectivity index (χ4n) is 1.72. The van der Waals surface area contributed by atoms with Crippen LogP contribution in [0, 0.1) is 0 Å². The molecule has 1 aromatic carbocycles. The highest BCUT2D eigenvalue weighted by Crippen LogP contribution is 2.27. The van der Waals surface area contributed by atoms with Gasteiger partial charge in [0.2, 0.25) is 0 Å². The zero-order valence-electron chi connectivity index (χ0n) is 8.63. The van der Waals surface area contributed by atoms with Crippen molar-refractivity contribution in [3.8, 4) is 0 Å². The van der Waals surface area contributed by atoms with E-state index in [1.807, 2.05) is 30.3 Å². The highest BCUT2D eigenvalue weighted by Gasteiger charge is 2.16. The van der Waals surface area contributed by atoms with Gasteiger partial charge >= 0.3 is 0 Å². The van der Waals surface area contributed by atoms with Crippen molar-refractivity contribution in [2.45, 2.75) is 12.3 Å². The molecule has 1 aromatic heterocycles. The molecule has 0 fully saturated rings. The molecule has 3 heteroatoms. The minimum atomic E-state index is -1.08. The van der Waals surface area contributed by atoms with Gasteiger partial charge in [-0.2, -0.15) is 0 Å². The number of carboxylic acid groups (broad SMARTS) is 1. The molecule has 2 aromatic rings. The normalized spacial score (nSPS) is 12.2. The van der Waals surface area contributed by atoms with Gasteiger partial charge in [0.1, 0.15) is 5.76 Å². The quantitative estimate of drug-likeness (QED) is 0.777. The van der Waals surface area contributed by atoms with E-state index in [1.54, 1.807) is 18.4 Å². The van der Waals surface area contributed by atoms with Gasteiger partial charge in [0.05, 0.1) is 6.26 Å². The second kappa shape index (κ2) is 4.66. The van der Waals surface area contributed by atoms with Crippen molar-refractivity contribution in [1.29, 1.82) is 0 Å². The lowest BCUT2D eigenvalue weighted by molar-refractivity contribution is -0.306. The third-order valence-corrected chi connectivity index (χ3v) is 2.46. The lowest BCUT2D eigenvalue weighted by Crippen LogP contribution is -2.24. The Balaban J connectivity index is 2.32. The Hall–Kier alpha value is -2.03. The zero-order chi connectivity index (χ0) is 11.4. The molecule has 0 bridgehead atoms. The Morgan fingerprint density at radius 2 is 1.94 bits per heavy atom. The van der Waals surface area contributed by atoms with E-state index in [2.05, 4.69) is 0 Å². The molecule has 0 saturated carbocycles. The Kier molecular flexibility index (Phi) is 3.05. The van der Waals surface area contributed by atoms with Crippen molar-refractivity contribution in [3.63, 3.8) is 0 Å². The van der Waals surface area contributed by atoms with Crippen LogP contribution in [0.4, 0.5) is 0 Å². The van der Waals surface area contributed by atoms with Gasteiger partial charge < -0.3 is 14.3 Å². The standard InChI is InChI=1S/C13H12O3/c14-13(15)9-11(12-7-4-8-16-12)10-5-2-1-3-6-10/h1-8,11H,9H2,(H,14,15)/p-1/t11-/m1/s1.